The van der Waals surface area contributed by atoms with Crippen LogP contribution in [0.1, 0.15) is 25.8 Å². The monoisotopic (exact) mass is 213 g/mol. The van der Waals surface area contributed by atoms with E-state index < -0.39 is 5.54 Å². The van der Waals surface area contributed by atoms with Crippen molar-refractivity contribution in [2.24, 2.45) is 0 Å². The van der Waals surface area contributed by atoms with Crippen LogP contribution in [0, 0.1) is 0 Å². The molecule has 2 amide bonds. The molecule has 14 heavy (non-hydrogen) atoms. The predicted octanol–water partition coefficient (Wildman–Crippen LogP) is 1.70. The van der Waals surface area contributed by atoms with E-state index in [0.29, 0.717) is 6.54 Å². The van der Waals surface area contributed by atoms with Crippen LogP contribution in [0.5, 0.6) is 0 Å². The molecule has 2 N–H and O–H groups in total. The second-order valence-electron chi connectivity index (χ2n) is 3.45. The quantitative estimate of drug-likeness (QED) is 0.803. The summed E-state index contributed by atoms with van der Waals surface area (Å²) in [7, 11) is 0. The minimum Gasteiger partial charge on any atom is -0.338 e. The van der Waals surface area contributed by atoms with Crippen molar-refractivity contribution in [3.8, 4) is 0 Å². The highest BCUT2D eigenvalue weighted by atomic mass is 32.1. The van der Waals surface area contributed by atoms with Crippen LogP contribution in [0.25, 0.3) is 0 Å². The minimum absolute atomic E-state index is 0.160. The zero-order chi connectivity index (χ0) is 10.6. The standard InChI is InChI=1S/C9H15N3OS/c1-4-10-8(13)12-9(2,3)7-11-5-6-14-7/h5-6H,4H2,1-3H3,(H2,10,12,13). The van der Waals surface area contributed by atoms with Crippen molar-refractivity contribution in [1.29, 1.82) is 0 Å². The van der Waals surface area contributed by atoms with Crippen LogP contribution in [0.4, 0.5) is 4.79 Å². The average Bonchev–Trinajstić information content (AvgIpc) is 2.54. The first-order valence-corrected chi connectivity index (χ1v) is 5.40. The van der Waals surface area contributed by atoms with Crippen molar-refractivity contribution in [2.75, 3.05) is 6.54 Å². The summed E-state index contributed by atoms with van der Waals surface area (Å²) >= 11 is 1.54. The molecule has 0 aromatic carbocycles. The van der Waals surface area contributed by atoms with Crippen molar-refractivity contribution >= 4 is 17.4 Å². The van der Waals surface area contributed by atoms with Crippen LogP contribution >= 0.6 is 11.3 Å². The van der Waals surface area contributed by atoms with Gasteiger partial charge >= 0.3 is 6.03 Å². The number of rotatable bonds is 3. The number of hydrogen-bond acceptors (Lipinski definition) is 3. The normalized spacial score (nSPS) is 11.1. The van der Waals surface area contributed by atoms with E-state index in [4.69, 9.17) is 0 Å². The summed E-state index contributed by atoms with van der Waals surface area (Å²) in [5.41, 5.74) is -0.409. The highest BCUT2D eigenvalue weighted by Crippen LogP contribution is 2.21. The first-order valence-electron chi connectivity index (χ1n) is 4.52. The molecule has 1 rings (SSSR count). The van der Waals surface area contributed by atoms with E-state index in [1.54, 1.807) is 6.20 Å². The van der Waals surface area contributed by atoms with Gasteiger partial charge in [0.05, 0.1) is 5.54 Å². The van der Waals surface area contributed by atoms with Gasteiger partial charge in [-0.25, -0.2) is 9.78 Å². The van der Waals surface area contributed by atoms with Gasteiger partial charge in [0.15, 0.2) is 0 Å². The van der Waals surface area contributed by atoms with Gasteiger partial charge in [-0.2, -0.15) is 0 Å². The van der Waals surface area contributed by atoms with E-state index in [1.165, 1.54) is 11.3 Å². The number of thiazole rings is 1. The molecule has 0 spiro atoms. The number of carbonyl (C=O) groups is 1. The summed E-state index contributed by atoms with van der Waals surface area (Å²) < 4.78 is 0. The molecule has 0 saturated carbocycles. The van der Waals surface area contributed by atoms with Crippen LogP contribution in [-0.4, -0.2) is 17.6 Å². The van der Waals surface area contributed by atoms with E-state index in [2.05, 4.69) is 15.6 Å². The lowest BCUT2D eigenvalue weighted by atomic mass is 10.1. The Morgan fingerprint density at radius 3 is 2.86 bits per heavy atom. The highest BCUT2D eigenvalue weighted by Gasteiger charge is 2.24. The highest BCUT2D eigenvalue weighted by molar-refractivity contribution is 7.09. The molecule has 1 aromatic heterocycles. The van der Waals surface area contributed by atoms with Crippen LogP contribution in [0.3, 0.4) is 0 Å². The molecule has 0 saturated heterocycles. The third-order valence-corrected chi connectivity index (χ3v) is 2.83. The lowest BCUT2D eigenvalue weighted by Gasteiger charge is -2.23. The Labute approximate surface area is 87.7 Å². The largest absolute Gasteiger partial charge is 0.338 e. The molecule has 0 fully saturated rings. The summed E-state index contributed by atoms with van der Waals surface area (Å²) in [6.45, 7) is 6.37. The molecule has 0 radical (unpaired) electrons. The second-order valence-corrected chi connectivity index (χ2v) is 4.34. The van der Waals surface area contributed by atoms with Crippen LogP contribution < -0.4 is 10.6 Å². The van der Waals surface area contributed by atoms with Crippen LogP contribution in [0.15, 0.2) is 11.6 Å². The smallest absolute Gasteiger partial charge is 0.315 e. The number of urea groups is 1. The van der Waals surface area contributed by atoms with Gasteiger partial charge in [-0.15, -0.1) is 11.3 Å². The third-order valence-electron chi connectivity index (χ3n) is 1.73. The molecule has 1 aromatic rings. The number of aromatic nitrogens is 1. The first-order chi connectivity index (χ1) is 6.56. The molecule has 0 atom stereocenters. The molecular formula is C9H15N3OS. The second kappa shape index (κ2) is 4.41. The van der Waals surface area contributed by atoms with Gasteiger partial charge in [0.25, 0.3) is 0 Å². The number of nitrogens with one attached hydrogen (secondary N) is 2. The Hall–Kier alpha value is -1.10. The van der Waals surface area contributed by atoms with Crippen molar-refractivity contribution in [3.63, 3.8) is 0 Å². The minimum atomic E-state index is -0.409. The SMILES string of the molecule is CCNC(=O)NC(C)(C)c1nccs1. The van der Waals surface area contributed by atoms with Crippen molar-refractivity contribution < 1.29 is 4.79 Å². The summed E-state index contributed by atoms with van der Waals surface area (Å²) in [6, 6.07) is -0.160. The van der Waals surface area contributed by atoms with E-state index >= 15 is 0 Å². The van der Waals surface area contributed by atoms with Crippen molar-refractivity contribution in [3.05, 3.63) is 16.6 Å². The zero-order valence-electron chi connectivity index (χ0n) is 8.63. The summed E-state index contributed by atoms with van der Waals surface area (Å²) in [5.74, 6) is 0. The van der Waals surface area contributed by atoms with Gasteiger partial charge in [-0.05, 0) is 20.8 Å². The van der Waals surface area contributed by atoms with Crippen LogP contribution in [0.2, 0.25) is 0 Å². The first kappa shape index (κ1) is 11.0. The fourth-order valence-corrected chi connectivity index (χ4v) is 1.79. The fourth-order valence-electron chi connectivity index (χ4n) is 1.07. The Kier molecular flexibility index (Phi) is 3.46. The molecular weight excluding hydrogens is 198 g/mol. The molecule has 0 aliphatic rings. The van der Waals surface area contributed by atoms with Gasteiger partial charge in [-0.3, -0.25) is 0 Å². The Bertz CT molecular complexity index is 295. The Morgan fingerprint density at radius 1 is 1.64 bits per heavy atom. The number of nitrogens with zero attached hydrogens (tertiary/aromatic N) is 1. The van der Waals surface area contributed by atoms with E-state index in [0.717, 1.165) is 5.01 Å². The molecule has 0 bridgehead atoms. The molecule has 4 nitrogen and oxygen atoms in total. The van der Waals surface area contributed by atoms with E-state index in [9.17, 15) is 4.79 Å². The van der Waals surface area contributed by atoms with Crippen molar-refractivity contribution in [2.45, 2.75) is 26.3 Å². The molecule has 1 heterocycles. The lowest BCUT2D eigenvalue weighted by Crippen LogP contribution is -2.46. The van der Waals surface area contributed by atoms with Gasteiger partial charge < -0.3 is 10.6 Å². The van der Waals surface area contributed by atoms with Gasteiger partial charge in [0.2, 0.25) is 0 Å². The Morgan fingerprint density at radius 2 is 2.36 bits per heavy atom. The maximum atomic E-state index is 11.3. The third kappa shape index (κ3) is 2.70. The number of amides is 2. The molecule has 0 unspecified atom stereocenters. The molecule has 78 valence electrons. The van der Waals surface area contributed by atoms with E-state index in [1.807, 2.05) is 26.2 Å². The lowest BCUT2D eigenvalue weighted by molar-refractivity contribution is 0.230. The molecule has 0 aliphatic carbocycles. The zero-order valence-corrected chi connectivity index (χ0v) is 9.44. The van der Waals surface area contributed by atoms with Gasteiger partial charge in [0, 0.05) is 18.1 Å². The maximum absolute atomic E-state index is 11.3. The summed E-state index contributed by atoms with van der Waals surface area (Å²) in [5, 5.41) is 8.35. The Balaban J connectivity index is 2.63. The average molecular weight is 213 g/mol. The van der Waals surface area contributed by atoms with Gasteiger partial charge in [-0.1, -0.05) is 0 Å². The van der Waals surface area contributed by atoms with Crippen molar-refractivity contribution in [1.82, 2.24) is 15.6 Å². The van der Waals surface area contributed by atoms with Gasteiger partial charge in [0.1, 0.15) is 5.01 Å². The molecule has 5 heteroatoms. The molecule has 0 aliphatic heterocycles. The fraction of sp³-hybridized carbons (Fsp3) is 0.556. The van der Waals surface area contributed by atoms with Crippen LogP contribution in [-0.2, 0) is 5.54 Å². The maximum Gasteiger partial charge on any atom is 0.315 e. The summed E-state index contributed by atoms with van der Waals surface area (Å²) in [4.78, 5) is 15.5. The predicted molar refractivity (Wildman–Crippen MR) is 57.3 cm³/mol. The van der Waals surface area contributed by atoms with E-state index in [-0.39, 0.29) is 6.03 Å². The topological polar surface area (TPSA) is 54.0 Å². The number of carbonyl (C=O) groups excluding carboxylic acids is 1. The number of hydrogen-bond donors (Lipinski definition) is 2. The summed E-state index contributed by atoms with van der Waals surface area (Å²) in [6.07, 6.45) is 1.74.